The summed E-state index contributed by atoms with van der Waals surface area (Å²) >= 11 is 0. The van der Waals surface area contributed by atoms with Crippen LogP contribution in [0.25, 0.3) is 0 Å². The van der Waals surface area contributed by atoms with Gasteiger partial charge in [0, 0.05) is 6.54 Å². The van der Waals surface area contributed by atoms with E-state index in [1.807, 2.05) is 12.1 Å². The van der Waals surface area contributed by atoms with Crippen molar-refractivity contribution >= 4 is 0 Å². The summed E-state index contributed by atoms with van der Waals surface area (Å²) in [5, 5.41) is 0. The Balaban J connectivity index is 1.97. The third-order valence-electron chi connectivity index (χ3n) is 3.64. The normalized spacial score (nSPS) is 21.5. The molecule has 2 atom stereocenters. The first kappa shape index (κ1) is 16.3. The molecule has 1 heterocycles. The molecule has 1 aliphatic rings. The van der Waals surface area contributed by atoms with Crippen LogP contribution < -0.4 is 4.74 Å². The molecule has 0 spiro atoms. The smallest absolute Gasteiger partial charge is 0.118 e. The highest BCUT2D eigenvalue weighted by Gasteiger charge is 2.32. The molecule has 21 heavy (non-hydrogen) atoms. The lowest BCUT2D eigenvalue weighted by Crippen LogP contribution is -2.43. The van der Waals surface area contributed by atoms with Gasteiger partial charge >= 0.3 is 0 Å². The fraction of sp³-hybridized carbons (Fsp3) is 0.647. The molecular weight excluding hydrogens is 266 g/mol. The van der Waals surface area contributed by atoms with Crippen LogP contribution in [0.5, 0.6) is 5.75 Å². The zero-order chi connectivity index (χ0) is 15.5. The van der Waals surface area contributed by atoms with E-state index < -0.39 is 0 Å². The van der Waals surface area contributed by atoms with Gasteiger partial charge in [-0.15, -0.1) is 0 Å². The van der Waals surface area contributed by atoms with Crippen LogP contribution in [-0.4, -0.2) is 43.1 Å². The average Bonchev–Trinajstić information content (AvgIpc) is 2.86. The Morgan fingerprint density at radius 2 is 1.95 bits per heavy atom. The zero-order valence-electron chi connectivity index (χ0n) is 13.8. The minimum atomic E-state index is -0.131. The Labute approximate surface area is 128 Å². The first-order valence-corrected chi connectivity index (χ1v) is 7.51. The Morgan fingerprint density at radius 1 is 1.29 bits per heavy atom. The van der Waals surface area contributed by atoms with Crippen molar-refractivity contribution in [1.29, 1.82) is 0 Å². The molecule has 0 N–H and O–H groups in total. The van der Waals surface area contributed by atoms with Gasteiger partial charge in [0.25, 0.3) is 0 Å². The van der Waals surface area contributed by atoms with Gasteiger partial charge in [-0.3, -0.25) is 4.90 Å². The van der Waals surface area contributed by atoms with Crippen molar-refractivity contribution in [1.82, 2.24) is 4.90 Å². The molecule has 0 aliphatic carbocycles. The SMILES string of the molecule is COc1ccc(CN2COCC2[C@@H](C)OC(C)(C)C)cc1. The van der Waals surface area contributed by atoms with Crippen molar-refractivity contribution in [3.05, 3.63) is 29.8 Å². The predicted molar refractivity (Wildman–Crippen MR) is 83.4 cm³/mol. The molecule has 0 aromatic heterocycles. The van der Waals surface area contributed by atoms with Crippen molar-refractivity contribution in [2.24, 2.45) is 0 Å². The first-order chi connectivity index (χ1) is 9.89. The molecule has 0 bridgehead atoms. The van der Waals surface area contributed by atoms with Gasteiger partial charge < -0.3 is 14.2 Å². The highest BCUT2D eigenvalue weighted by molar-refractivity contribution is 5.27. The van der Waals surface area contributed by atoms with E-state index in [2.05, 4.69) is 44.7 Å². The Kier molecular flexibility index (Phi) is 5.25. The van der Waals surface area contributed by atoms with Gasteiger partial charge in [0.1, 0.15) is 5.75 Å². The summed E-state index contributed by atoms with van der Waals surface area (Å²) in [5.74, 6) is 0.886. The largest absolute Gasteiger partial charge is 0.497 e. The van der Waals surface area contributed by atoms with Gasteiger partial charge in [0.15, 0.2) is 0 Å². The molecule has 1 saturated heterocycles. The van der Waals surface area contributed by atoms with E-state index in [4.69, 9.17) is 14.2 Å². The molecule has 0 saturated carbocycles. The van der Waals surface area contributed by atoms with E-state index in [0.29, 0.717) is 12.8 Å². The van der Waals surface area contributed by atoms with Crippen LogP contribution in [0.2, 0.25) is 0 Å². The minimum absolute atomic E-state index is 0.131. The predicted octanol–water partition coefficient (Wildman–Crippen LogP) is 3.06. The molecule has 1 fully saturated rings. The van der Waals surface area contributed by atoms with Gasteiger partial charge in [-0.1, -0.05) is 12.1 Å². The van der Waals surface area contributed by atoms with Crippen LogP contribution in [0.4, 0.5) is 0 Å². The average molecular weight is 293 g/mol. The Morgan fingerprint density at radius 3 is 2.52 bits per heavy atom. The molecule has 4 heteroatoms. The lowest BCUT2D eigenvalue weighted by atomic mass is 10.1. The number of benzene rings is 1. The molecular formula is C17H27NO3. The van der Waals surface area contributed by atoms with Crippen molar-refractivity contribution in [2.75, 3.05) is 20.4 Å². The third kappa shape index (κ3) is 4.70. The van der Waals surface area contributed by atoms with Crippen LogP contribution >= 0.6 is 0 Å². The molecule has 1 aromatic carbocycles. The molecule has 1 unspecified atom stereocenters. The van der Waals surface area contributed by atoms with Crippen molar-refractivity contribution < 1.29 is 14.2 Å². The van der Waals surface area contributed by atoms with E-state index in [9.17, 15) is 0 Å². The van der Waals surface area contributed by atoms with Gasteiger partial charge in [-0.05, 0) is 45.4 Å². The summed E-state index contributed by atoms with van der Waals surface area (Å²) in [6.45, 7) is 10.7. The maximum atomic E-state index is 6.08. The third-order valence-corrected chi connectivity index (χ3v) is 3.64. The number of rotatable bonds is 5. The van der Waals surface area contributed by atoms with E-state index in [1.165, 1.54) is 5.56 Å². The number of nitrogens with zero attached hydrogens (tertiary/aromatic N) is 1. The van der Waals surface area contributed by atoms with Crippen LogP contribution in [0.1, 0.15) is 33.3 Å². The summed E-state index contributed by atoms with van der Waals surface area (Å²) in [7, 11) is 1.69. The summed E-state index contributed by atoms with van der Waals surface area (Å²) < 4.78 is 16.9. The molecule has 0 radical (unpaired) electrons. The Bertz CT molecular complexity index is 438. The maximum absolute atomic E-state index is 6.08. The van der Waals surface area contributed by atoms with Gasteiger partial charge in [-0.25, -0.2) is 0 Å². The summed E-state index contributed by atoms with van der Waals surface area (Å²) in [6, 6.07) is 8.49. The lowest BCUT2D eigenvalue weighted by molar-refractivity contribution is -0.0795. The van der Waals surface area contributed by atoms with Crippen molar-refractivity contribution in [3.8, 4) is 5.75 Å². The van der Waals surface area contributed by atoms with Crippen molar-refractivity contribution in [3.63, 3.8) is 0 Å². The molecule has 4 nitrogen and oxygen atoms in total. The zero-order valence-corrected chi connectivity index (χ0v) is 13.8. The van der Waals surface area contributed by atoms with E-state index in [1.54, 1.807) is 7.11 Å². The van der Waals surface area contributed by atoms with Crippen molar-refractivity contribution in [2.45, 2.75) is 52.0 Å². The number of methoxy groups -OCH3 is 1. The maximum Gasteiger partial charge on any atom is 0.118 e. The summed E-state index contributed by atoms with van der Waals surface area (Å²) in [4.78, 5) is 2.33. The Hall–Kier alpha value is -1.10. The van der Waals surface area contributed by atoms with Gasteiger partial charge in [-0.2, -0.15) is 0 Å². The van der Waals surface area contributed by atoms with Crippen LogP contribution in [0, 0.1) is 0 Å². The molecule has 1 aliphatic heterocycles. The second kappa shape index (κ2) is 6.77. The number of ether oxygens (including phenoxy) is 3. The second-order valence-electron chi connectivity index (χ2n) is 6.60. The highest BCUT2D eigenvalue weighted by Crippen LogP contribution is 2.23. The fourth-order valence-electron chi connectivity index (χ4n) is 2.69. The van der Waals surface area contributed by atoms with Crippen LogP contribution in [0.3, 0.4) is 0 Å². The first-order valence-electron chi connectivity index (χ1n) is 7.51. The number of hydrogen-bond donors (Lipinski definition) is 0. The highest BCUT2D eigenvalue weighted by atomic mass is 16.5. The summed E-state index contributed by atoms with van der Waals surface area (Å²) in [5.41, 5.74) is 1.13. The monoisotopic (exact) mass is 293 g/mol. The molecule has 1 aromatic rings. The lowest BCUT2D eigenvalue weighted by Gasteiger charge is -2.32. The quantitative estimate of drug-likeness (QED) is 0.835. The minimum Gasteiger partial charge on any atom is -0.497 e. The molecule has 0 amide bonds. The fourth-order valence-corrected chi connectivity index (χ4v) is 2.69. The number of hydrogen-bond acceptors (Lipinski definition) is 4. The van der Waals surface area contributed by atoms with E-state index in [0.717, 1.165) is 18.9 Å². The topological polar surface area (TPSA) is 30.9 Å². The van der Waals surface area contributed by atoms with E-state index in [-0.39, 0.29) is 11.7 Å². The van der Waals surface area contributed by atoms with Crippen LogP contribution in [0.15, 0.2) is 24.3 Å². The molecule has 118 valence electrons. The van der Waals surface area contributed by atoms with Gasteiger partial charge in [0.2, 0.25) is 0 Å². The molecule has 2 rings (SSSR count). The standard InChI is InChI=1S/C17H27NO3/c1-13(21-17(2,3)4)16-11-20-12-18(16)10-14-6-8-15(19-5)9-7-14/h6-9,13,16H,10-12H2,1-5H3/t13-,16?/m1/s1. The van der Waals surface area contributed by atoms with E-state index >= 15 is 0 Å². The summed E-state index contributed by atoms with van der Waals surface area (Å²) in [6.07, 6.45) is 0.144. The second-order valence-corrected chi connectivity index (χ2v) is 6.60. The van der Waals surface area contributed by atoms with Crippen LogP contribution in [-0.2, 0) is 16.0 Å². The van der Waals surface area contributed by atoms with Gasteiger partial charge in [0.05, 0.1) is 38.2 Å².